The number of nitrogens with two attached hydrogens (primary N) is 1. The van der Waals surface area contributed by atoms with Gasteiger partial charge in [-0.1, -0.05) is 42.4 Å². The first-order valence-electron chi connectivity index (χ1n) is 29.6. The van der Waals surface area contributed by atoms with Crippen LogP contribution in [-0.2, 0) is 98.1 Å². The molecule has 0 saturated heterocycles. The summed E-state index contributed by atoms with van der Waals surface area (Å²) in [7, 11) is 0. The van der Waals surface area contributed by atoms with Crippen molar-refractivity contribution in [2.45, 2.75) is 102 Å². The zero-order chi connectivity index (χ0) is 61.1. The molecule has 86 heavy (non-hydrogen) atoms. The number of aryl methyl sites for hydroxylation is 1. The fraction of sp³-hybridized carbons (Fsp3) is 0.600. The number of cyclic esters (lactones) is 1. The van der Waals surface area contributed by atoms with Crippen molar-refractivity contribution >= 4 is 34.6 Å². The van der Waals surface area contributed by atoms with Gasteiger partial charge in [-0.15, -0.1) is 0 Å². The highest BCUT2D eigenvalue weighted by molar-refractivity contribution is 5.95. The monoisotopic (exact) mass is 1200 g/mol. The molecule has 0 saturated carbocycles. The Bertz CT molecular complexity index is 2990. The average molecular weight is 1200 g/mol. The number of fused-ring (bicyclic) bond motifs is 5. The van der Waals surface area contributed by atoms with Crippen molar-refractivity contribution in [3.63, 3.8) is 0 Å². The van der Waals surface area contributed by atoms with E-state index in [0.717, 1.165) is 11.1 Å². The summed E-state index contributed by atoms with van der Waals surface area (Å²) >= 11 is 0. The Hall–Kier alpha value is -6.52. The van der Waals surface area contributed by atoms with Crippen molar-refractivity contribution < 1.29 is 76.0 Å². The van der Waals surface area contributed by atoms with E-state index in [0.29, 0.717) is 177 Å². The van der Waals surface area contributed by atoms with Crippen LogP contribution in [0.2, 0.25) is 0 Å². The zero-order valence-electron chi connectivity index (χ0n) is 49.2. The molecule has 3 amide bonds. The zero-order valence-corrected chi connectivity index (χ0v) is 49.2. The number of aromatic nitrogens is 2. The molecule has 7 rings (SSSR count). The van der Waals surface area contributed by atoms with Gasteiger partial charge in [0.1, 0.15) is 24.5 Å². The van der Waals surface area contributed by atoms with E-state index in [1.807, 2.05) is 30.3 Å². The van der Waals surface area contributed by atoms with Crippen LogP contribution in [-0.4, -0.2) is 182 Å². The molecular weight excluding hydrogens is 1120 g/mol. The number of hydrogen-bond donors (Lipinski definition) is 5. The van der Waals surface area contributed by atoms with Crippen LogP contribution in [0.1, 0.15) is 90.4 Å². The van der Waals surface area contributed by atoms with Gasteiger partial charge in [0.05, 0.1) is 154 Å². The van der Waals surface area contributed by atoms with Gasteiger partial charge in [-0.25, -0.2) is 14.2 Å². The number of esters is 1. The van der Waals surface area contributed by atoms with E-state index in [4.69, 9.17) is 63.6 Å². The molecule has 2 aromatic heterocycles. The number of nitrogens with zero attached hydrogens (tertiary/aromatic N) is 5. The van der Waals surface area contributed by atoms with Crippen LogP contribution in [0.15, 0.2) is 52.4 Å². The van der Waals surface area contributed by atoms with Gasteiger partial charge in [0.15, 0.2) is 5.60 Å². The van der Waals surface area contributed by atoms with E-state index >= 15 is 4.39 Å². The smallest absolute Gasteiger partial charge is 0.343 e. The summed E-state index contributed by atoms with van der Waals surface area (Å²) in [5, 5.41) is 24.6. The Morgan fingerprint density at radius 3 is 1.95 bits per heavy atom. The molecule has 4 aromatic rings. The second kappa shape index (κ2) is 35.3. The highest BCUT2D eigenvalue weighted by Gasteiger charge is 2.46. The van der Waals surface area contributed by atoms with Crippen molar-refractivity contribution in [3.05, 3.63) is 108 Å². The van der Waals surface area contributed by atoms with Crippen LogP contribution in [0.5, 0.6) is 0 Å². The largest absolute Gasteiger partial charge is 0.458 e. The van der Waals surface area contributed by atoms with Gasteiger partial charge in [0, 0.05) is 46.9 Å². The van der Waals surface area contributed by atoms with Crippen LogP contribution < -0.4 is 27.2 Å². The molecular formula is C60H82FN9O16. The molecule has 26 heteroatoms. The lowest BCUT2D eigenvalue weighted by Gasteiger charge is -2.31. The lowest BCUT2D eigenvalue weighted by atomic mass is 9.81. The average Bonchev–Trinajstić information content (AvgIpc) is 1.46. The first-order chi connectivity index (χ1) is 41.9. The number of unbranched alkanes of at least 4 members (excludes halogenated alkanes) is 1. The van der Waals surface area contributed by atoms with Gasteiger partial charge in [-0.05, 0) is 85.8 Å². The van der Waals surface area contributed by atoms with E-state index in [2.05, 4.69) is 26.0 Å². The SMILES string of the molecule is CC[C@@]1(O)C(=O)OCc2c1cc1n(c2=O)Cc2c-1nc1cc(F)c(C)c3c1c2[C@@H](NC(=O)[C@H](CCCCN)NC(=O)[C@H](Cc1ccccc1)NC(=O)CCOCCOCCOCCOCCOCCOCCOCCOCCOCCN=[N+]=[N-])CC3. The van der Waals surface area contributed by atoms with Crippen molar-refractivity contribution in [1.82, 2.24) is 25.5 Å². The minimum Gasteiger partial charge on any atom is -0.458 e. The van der Waals surface area contributed by atoms with Crippen LogP contribution in [0.4, 0.5) is 4.39 Å². The molecule has 2 aromatic carbocycles. The molecule has 4 heterocycles. The number of ether oxygens (including phenoxy) is 10. The molecule has 0 radical (unpaired) electrons. The summed E-state index contributed by atoms with van der Waals surface area (Å²) in [6, 6.07) is 9.37. The van der Waals surface area contributed by atoms with Gasteiger partial charge in [-0.3, -0.25) is 19.2 Å². The minimum atomic E-state index is -2.06. The molecule has 3 aliphatic rings. The van der Waals surface area contributed by atoms with Crippen LogP contribution >= 0.6 is 0 Å². The van der Waals surface area contributed by atoms with E-state index in [1.165, 1.54) is 10.6 Å². The van der Waals surface area contributed by atoms with Gasteiger partial charge >= 0.3 is 5.97 Å². The Kier molecular flexibility index (Phi) is 27.5. The highest BCUT2D eigenvalue weighted by atomic mass is 19.1. The standard InChI is InChI=1S/C60H82FN9O16/c1-3-60(76)45-36-51-55-43(38-70(51)58(74)44(45)39-86-59(60)75)54-47(13-12-42-40(2)46(61)37-49(66-55)53(42)54)67-56(72)48(11-7-8-15-62)68-57(73)50(35-41-9-5-4-6-10-41)65-52(71)14-17-77-19-21-79-23-25-81-27-29-83-31-33-85-34-32-84-30-28-82-26-24-80-22-20-78-18-16-64-69-63/h4-6,9-10,36-37,47-48,50,76H,3,7-8,11-35,38-39,62H2,1-2H3,(H,65,71)(H,67,72)(H,68,73)/t47-,48-,50-,60-/m0/s1. The van der Waals surface area contributed by atoms with Crippen LogP contribution in [0.3, 0.4) is 0 Å². The van der Waals surface area contributed by atoms with Crippen LogP contribution in [0, 0.1) is 12.7 Å². The lowest BCUT2D eigenvalue weighted by molar-refractivity contribution is -0.172. The Balaban J connectivity index is 0.830. The number of amides is 3. The molecule has 0 unspecified atom stereocenters. The Labute approximate surface area is 498 Å². The maximum atomic E-state index is 15.6. The third-order valence-corrected chi connectivity index (χ3v) is 15.1. The quantitative estimate of drug-likeness (QED) is 0.0122. The normalized spacial score (nSPS) is 16.4. The molecule has 2 aliphatic heterocycles. The summed E-state index contributed by atoms with van der Waals surface area (Å²) in [6.07, 6.45) is 2.13. The minimum absolute atomic E-state index is 0.0431. The second-order valence-corrected chi connectivity index (χ2v) is 20.8. The number of carbonyl (C=O) groups excluding carboxylic acids is 4. The van der Waals surface area contributed by atoms with Crippen molar-refractivity contribution in [3.8, 4) is 11.4 Å². The number of halogens is 1. The van der Waals surface area contributed by atoms with E-state index in [1.54, 1.807) is 19.9 Å². The van der Waals surface area contributed by atoms with Gasteiger partial charge in [0.25, 0.3) is 5.56 Å². The summed E-state index contributed by atoms with van der Waals surface area (Å²) in [5.74, 6) is -2.78. The van der Waals surface area contributed by atoms with Crippen molar-refractivity contribution in [2.24, 2.45) is 10.8 Å². The van der Waals surface area contributed by atoms with E-state index < -0.39 is 58.8 Å². The number of nitrogens with one attached hydrogen (secondary N) is 3. The molecule has 0 bridgehead atoms. The summed E-state index contributed by atoms with van der Waals surface area (Å²) in [6.45, 7) is 10.5. The molecule has 0 fully saturated rings. The maximum Gasteiger partial charge on any atom is 0.343 e. The number of azide groups is 1. The first-order valence-corrected chi connectivity index (χ1v) is 29.6. The summed E-state index contributed by atoms with van der Waals surface area (Å²) < 4.78 is 71.9. The van der Waals surface area contributed by atoms with Gasteiger partial charge < -0.3 is 78.7 Å². The molecule has 6 N–H and O–H groups in total. The second-order valence-electron chi connectivity index (χ2n) is 20.8. The van der Waals surface area contributed by atoms with Crippen LogP contribution in [0.25, 0.3) is 32.7 Å². The number of carbonyl (C=O) groups is 4. The van der Waals surface area contributed by atoms with Gasteiger partial charge in [-0.2, -0.15) is 0 Å². The number of pyridine rings is 2. The predicted octanol–water partition coefficient (Wildman–Crippen LogP) is 3.82. The van der Waals surface area contributed by atoms with E-state index in [9.17, 15) is 29.1 Å². The molecule has 4 atom stereocenters. The topological polar surface area (TPSA) is 327 Å². The first kappa shape index (κ1) is 67.0. The molecule has 470 valence electrons. The number of rotatable bonds is 42. The lowest BCUT2D eigenvalue weighted by Crippen LogP contribution is -2.55. The number of aliphatic hydroxyl groups is 1. The maximum absolute atomic E-state index is 15.6. The fourth-order valence-electron chi connectivity index (χ4n) is 10.5. The van der Waals surface area contributed by atoms with Crippen molar-refractivity contribution in [1.29, 1.82) is 0 Å². The third-order valence-electron chi connectivity index (χ3n) is 15.1. The Morgan fingerprint density at radius 1 is 0.802 bits per heavy atom. The third kappa shape index (κ3) is 18.7. The molecule has 1 aliphatic carbocycles. The summed E-state index contributed by atoms with van der Waals surface area (Å²) in [4.78, 5) is 77.2. The van der Waals surface area contributed by atoms with Crippen molar-refractivity contribution in [2.75, 3.05) is 132 Å². The predicted molar refractivity (Wildman–Crippen MR) is 311 cm³/mol. The molecule has 25 nitrogen and oxygen atoms in total. The number of benzene rings is 2. The van der Waals surface area contributed by atoms with Gasteiger partial charge in [0.2, 0.25) is 17.7 Å². The summed E-state index contributed by atoms with van der Waals surface area (Å²) in [5.41, 5.74) is 16.2. The number of hydrogen-bond acceptors (Lipinski definition) is 19. The Morgan fingerprint density at radius 2 is 1.38 bits per heavy atom. The fourth-order valence-corrected chi connectivity index (χ4v) is 10.5. The highest BCUT2D eigenvalue weighted by Crippen LogP contribution is 2.46. The van der Waals surface area contributed by atoms with E-state index in [-0.39, 0.29) is 69.8 Å². The molecule has 0 spiro atoms.